The van der Waals surface area contributed by atoms with Gasteiger partial charge in [-0.25, -0.2) is 0 Å². The molecule has 3 atom stereocenters. The Bertz CT molecular complexity index is 451. The van der Waals surface area contributed by atoms with Gasteiger partial charge in [-0.15, -0.1) is 0 Å². The lowest BCUT2D eigenvalue weighted by Crippen LogP contribution is -2.27. The number of hydrogen-bond donors (Lipinski definition) is 1. The second kappa shape index (κ2) is 3.65. The van der Waals surface area contributed by atoms with Gasteiger partial charge in [0.15, 0.2) is 0 Å². The van der Waals surface area contributed by atoms with Crippen molar-refractivity contribution in [2.24, 2.45) is 17.8 Å². The van der Waals surface area contributed by atoms with Crippen LogP contribution in [-0.4, -0.2) is 4.57 Å². The fourth-order valence-electron chi connectivity index (χ4n) is 3.55. The van der Waals surface area contributed by atoms with Crippen molar-refractivity contribution in [3.8, 4) is 0 Å². The van der Waals surface area contributed by atoms with Gasteiger partial charge in [-0.3, -0.25) is 4.79 Å². The Hall–Kier alpha value is -1.25. The van der Waals surface area contributed by atoms with E-state index in [0.29, 0.717) is 11.6 Å². The van der Waals surface area contributed by atoms with Crippen LogP contribution < -0.4 is 11.3 Å². The number of nitrogens with two attached hydrogens (primary N) is 1. The van der Waals surface area contributed by atoms with Crippen molar-refractivity contribution in [3.63, 3.8) is 0 Å². The molecule has 3 nitrogen and oxygen atoms in total. The van der Waals surface area contributed by atoms with Gasteiger partial charge in [0, 0.05) is 12.7 Å². The average molecular weight is 218 g/mol. The summed E-state index contributed by atoms with van der Waals surface area (Å²) in [5.74, 6) is 2.50. The molecule has 16 heavy (non-hydrogen) atoms. The Kier molecular flexibility index (Phi) is 2.27. The van der Waals surface area contributed by atoms with Crippen LogP contribution in [0.3, 0.4) is 0 Å². The summed E-state index contributed by atoms with van der Waals surface area (Å²) in [5, 5.41) is 0. The Morgan fingerprint density at radius 3 is 2.94 bits per heavy atom. The molecule has 0 radical (unpaired) electrons. The number of aromatic nitrogens is 1. The monoisotopic (exact) mass is 218 g/mol. The van der Waals surface area contributed by atoms with Crippen molar-refractivity contribution in [1.29, 1.82) is 0 Å². The van der Waals surface area contributed by atoms with Gasteiger partial charge in [0.05, 0.1) is 5.69 Å². The molecule has 0 aromatic carbocycles. The molecule has 1 aromatic heterocycles. The van der Waals surface area contributed by atoms with Crippen LogP contribution in [0.25, 0.3) is 0 Å². The first-order chi connectivity index (χ1) is 7.74. The number of nitrogen functional groups attached to an aromatic ring is 1. The highest BCUT2D eigenvalue weighted by atomic mass is 16.1. The molecule has 3 heteroatoms. The van der Waals surface area contributed by atoms with Crippen LogP contribution in [0.5, 0.6) is 0 Å². The van der Waals surface area contributed by atoms with Gasteiger partial charge in [-0.1, -0.05) is 6.42 Å². The first-order valence-corrected chi connectivity index (χ1v) is 6.19. The Balaban J connectivity index is 1.80. The van der Waals surface area contributed by atoms with Crippen molar-refractivity contribution < 1.29 is 0 Å². The average Bonchev–Trinajstić information content (AvgIpc) is 2.86. The fraction of sp³-hybridized carbons (Fsp3) is 0.615. The number of hydrogen-bond acceptors (Lipinski definition) is 2. The van der Waals surface area contributed by atoms with Crippen LogP contribution in [0.1, 0.15) is 25.7 Å². The van der Waals surface area contributed by atoms with Gasteiger partial charge in [0.2, 0.25) is 0 Å². The van der Waals surface area contributed by atoms with Crippen LogP contribution >= 0.6 is 0 Å². The van der Waals surface area contributed by atoms with Crippen LogP contribution in [0, 0.1) is 17.8 Å². The Morgan fingerprint density at radius 2 is 2.25 bits per heavy atom. The molecular weight excluding hydrogens is 200 g/mol. The molecule has 0 saturated heterocycles. The maximum Gasteiger partial charge on any atom is 0.273 e. The number of pyridine rings is 1. The quantitative estimate of drug-likeness (QED) is 0.823. The van der Waals surface area contributed by atoms with E-state index in [0.717, 1.165) is 18.4 Å². The second-order valence-corrected chi connectivity index (χ2v) is 5.36. The standard InChI is InChI=1S/C13H18N2O/c14-12-2-1-5-15(13(12)16)8-11-7-9-3-4-10(11)6-9/h1-2,5,9-11H,3-4,6-8,14H2. The van der Waals surface area contributed by atoms with Crippen LogP contribution in [-0.2, 0) is 6.54 Å². The number of nitrogens with zero attached hydrogens (tertiary/aromatic N) is 1. The molecule has 2 aliphatic rings. The number of anilines is 1. The molecule has 3 rings (SSSR count). The molecule has 2 saturated carbocycles. The van der Waals surface area contributed by atoms with Crippen LogP contribution in [0.4, 0.5) is 5.69 Å². The molecule has 0 spiro atoms. The summed E-state index contributed by atoms with van der Waals surface area (Å²) in [6.45, 7) is 0.866. The third-order valence-corrected chi connectivity index (χ3v) is 4.37. The lowest BCUT2D eigenvalue weighted by molar-refractivity contribution is 0.293. The molecule has 3 unspecified atom stereocenters. The maximum absolute atomic E-state index is 11.8. The van der Waals surface area contributed by atoms with Crippen molar-refractivity contribution >= 4 is 5.69 Å². The van der Waals surface area contributed by atoms with E-state index in [-0.39, 0.29) is 5.56 Å². The number of rotatable bonds is 2. The lowest BCUT2D eigenvalue weighted by atomic mass is 9.89. The molecule has 86 valence electrons. The normalized spacial score (nSPS) is 32.1. The zero-order valence-electron chi connectivity index (χ0n) is 9.43. The van der Waals surface area contributed by atoms with Crippen molar-refractivity contribution in [3.05, 3.63) is 28.7 Å². The third-order valence-electron chi connectivity index (χ3n) is 4.37. The van der Waals surface area contributed by atoms with Gasteiger partial charge in [0.25, 0.3) is 5.56 Å². The van der Waals surface area contributed by atoms with E-state index in [2.05, 4.69) is 0 Å². The molecule has 2 N–H and O–H groups in total. The van der Waals surface area contributed by atoms with Crippen molar-refractivity contribution in [2.45, 2.75) is 32.2 Å². The highest BCUT2D eigenvalue weighted by Crippen LogP contribution is 2.48. The maximum atomic E-state index is 11.8. The summed E-state index contributed by atoms with van der Waals surface area (Å²) < 4.78 is 1.79. The predicted octanol–water partition coefficient (Wildman–Crippen LogP) is 1.87. The number of fused-ring (bicyclic) bond motifs is 2. The Morgan fingerprint density at radius 1 is 1.38 bits per heavy atom. The van der Waals surface area contributed by atoms with E-state index < -0.39 is 0 Å². The highest BCUT2D eigenvalue weighted by Gasteiger charge is 2.39. The van der Waals surface area contributed by atoms with E-state index in [9.17, 15) is 4.79 Å². The van der Waals surface area contributed by atoms with Crippen LogP contribution in [0.15, 0.2) is 23.1 Å². The van der Waals surface area contributed by atoms with E-state index in [4.69, 9.17) is 5.73 Å². The van der Waals surface area contributed by atoms with Gasteiger partial charge in [0.1, 0.15) is 0 Å². The minimum Gasteiger partial charge on any atom is -0.394 e. The zero-order valence-corrected chi connectivity index (χ0v) is 9.43. The molecule has 1 aromatic rings. The van der Waals surface area contributed by atoms with E-state index >= 15 is 0 Å². The smallest absolute Gasteiger partial charge is 0.273 e. The third kappa shape index (κ3) is 1.55. The zero-order chi connectivity index (χ0) is 11.1. The largest absolute Gasteiger partial charge is 0.394 e. The lowest BCUT2D eigenvalue weighted by Gasteiger charge is -2.22. The summed E-state index contributed by atoms with van der Waals surface area (Å²) in [7, 11) is 0. The van der Waals surface area contributed by atoms with E-state index in [1.807, 2.05) is 12.3 Å². The predicted molar refractivity (Wildman–Crippen MR) is 64.1 cm³/mol. The van der Waals surface area contributed by atoms with Gasteiger partial charge in [-0.2, -0.15) is 0 Å². The van der Waals surface area contributed by atoms with E-state index in [1.165, 1.54) is 25.7 Å². The van der Waals surface area contributed by atoms with Crippen LogP contribution in [0.2, 0.25) is 0 Å². The summed E-state index contributed by atoms with van der Waals surface area (Å²) >= 11 is 0. The molecular formula is C13H18N2O. The second-order valence-electron chi connectivity index (χ2n) is 5.36. The summed E-state index contributed by atoms with van der Waals surface area (Å²) in [4.78, 5) is 11.8. The van der Waals surface area contributed by atoms with E-state index in [1.54, 1.807) is 10.6 Å². The molecule has 2 fully saturated rings. The van der Waals surface area contributed by atoms with Crippen molar-refractivity contribution in [2.75, 3.05) is 5.73 Å². The molecule has 2 bridgehead atoms. The minimum atomic E-state index is -0.0229. The molecule has 0 aliphatic heterocycles. The first-order valence-electron chi connectivity index (χ1n) is 6.19. The van der Waals surface area contributed by atoms with Gasteiger partial charge >= 0.3 is 0 Å². The molecule has 2 aliphatic carbocycles. The fourth-order valence-corrected chi connectivity index (χ4v) is 3.55. The Labute approximate surface area is 95.3 Å². The summed E-state index contributed by atoms with van der Waals surface area (Å²) in [5.41, 5.74) is 5.98. The molecule has 0 amide bonds. The van der Waals surface area contributed by atoms with Gasteiger partial charge < -0.3 is 10.3 Å². The SMILES string of the molecule is Nc1cccn(CC2CC3CCC2C3)c1=O. The minimum absolute atomic E-state index is 0.0229. The summed E-state index contributed by atoms with van der Waals surface area (Å²) in [6.07, 6.45) is 7.34. The summed E-state index contributed by atoms with van der Waals surface area (Å²) in [6, 6.07) is 3.55. The first kappa shape index (κ1) is 9.94. The van der Waals surface area contributed by atoms with Crippen molar-refractivity contribution in [1.82, 2.24) is 4.57 Å². The van der Waals surface area contributed by atoms with Gasteiger partial charge in [-0.05, 0) is 49.1 Å². The molecule has 1 heterocycles. The topological polar surface area (TPSA) is 48.0 Å². The highest BCUT2D eigenvalue weighted by molar-refractivity contribution is 5.33.